The zero-order chi connectivity index (χ0) is 11.7. The Kier molecular flexibility index (Phi) is 2.90. The van der Waals surface area contributed by atoms with Gasteiger partial charge in [-0.15, -0.1) is 0 Å². The van der Waals surface area contributed by atoms with Gasteiger partial charge in [0.25, 0.3) is 0 Å². The van der Waals surface area contributed by atoms with Crippen LogP contribution in [0, 0.1) is 0 Å². The molecule has 0 saturated heterocycles. The van der Waals surface area contributed by atoms with Crippen LogP contribution in [0.25, 0.3) is 11.1 Å². The largest absolute Gasteiger partial charge is 0.394 e. The Bertz CT molecular complexity index is 593. The summed E-state index contributed by atoms with van der Waals surface area (Å²) in [6.45, 7) is 0. The smallest absolute Gasteiger partial charge is 0.212 e. The maximum absolute atomic E-state index is 11.8. The predicted molar refractivity (Wildman–Crippen MR) is 66.9 cm³/mol. The number of aromatic nitrogens is 1. The fourth-order valence-corrected chi connectivity index (χ4v) is 1.92. The molecule has 16 heavy (non-hydrogen) atoms. The van der Waals surface area contributed by atoms with E-state index in [0.717, 1.165) is 0 Å². The topological polar surface area (TPSA) is 58.9 Å². The maximum atomic E-state index is 11.8. The summed E-state index contributed by atoms with van der Waals surface area (Å²) in [5, 5.41) is 0.942. The lowest BCUT2D eigenvalue weighted by atomic mass is 10.1. The first-order valence-electron chi connectivity index (χ1n) is 4.51. The van der Waals surface area contributed by atoms with Gasteiger partial charge in [0.1, 0.15) is 0 Å². The average Bonchev–Trinajstić information content (AvgIpc) is 2.23. The molecule has 2 aromatic rings. The van der Waals surface area contributed by atoms with Gasteiger partial charge in [-0.1, -0.05) is 29.3 Å². The van der Waals surface area contributed by atoms with Crippen LogP contribution in [0.2, 0.25) is 10.0 Å². The van der Waals surface area contributed by atoms with Crippen LogP contribution >= 0.6 is 23.2 Å². The molecule has 3 N–H and O–H groups in total. The summed E-state index contributed by atoms with van der Waals surface area (Å²) in [7, 11) is 0. The standard InChI is InChI=1S/C11H8Cl2N2O/c12-6-1-2-7(9(13)3-6)8-4-15-5-10(14)11(8)16/h1-5H,14H2,(H,15,16). The molecular formula is C11H8Cl2N2O. The fourth-order valence-electron chi connectivity index (χ4n) is 1.41. The highest BCUT2D eigenvalue weighted by molar-refractivity contribution is 6.36. The molecular weight excluding hydrogens is 247 g/mol. The number of benzene rings is 1. The molecule has 82 valence electrons. The average molecular weight is 255 g/mol. The number of nitrogens with two attached hydrogens (primary N) is 1. The van der Waals surface area contributed by atoms with Crippen LogP contribution in [0.3, 0.4) is 0 Å². The lowest BCUT2D eigenvalue weighted by Crippen LogP contribution is -2.10. The van der Waals surface area contributed by atoms with Crippen molar-refractivity contribution in [1.29, 1.82) is 0 Å². The van der Waals surface area contributed by atoms with Crippen molar-refractivity contribution in [2.45, 2.75) is 0 Å². The predicted octanol–water partition coefficient (Wildman–Crippen LogP) is 2.93. The first-order chi connectivity index (χ1) is 7.59. The van der Waals surface area contributed by atoms with E-state index in [1.807, 2.05) is 0 Å². The monoisotopic (exact) mass is 254 g/mol. The van der Waals surface area contributed by atoms with Gasteiger partial charge in [0.05, 0.1) is 10.7 Å². The van der Waals surface area contributed by atoms with Gasteiger partial charge < -0.3 is 10.7 Å². The van der Waals surface area contributed by atoms with E-state index in [0.29, 0.717) is 21.2 Å². The van der Waals surface area contributed by atoms with Crippen molar-refractivity contribution >= 4 is 28.9 Å². The summed E-state index contributed by atoms with van der Waals surface area (Å²) < 4.78 is 0. The molecule has 2 rings (SSSR count). The van der Waals surface area contributed by atoms with Gasteiger partial charge in [0.15, 0.2) is 0 Å². The number of hydrogen-bond donors (Lipinski definition) is 2. The zero-order valence-corrected chi connectivity index (χ0v) is 9.64. The van der Waals surface area contributed by atoms with Gasteiger partial charge in [-0.2, -0.15) is 0 Å². The fraction of sp³-hybridized carbons (Fsp3) is 0. The van der Waals surface area contributed by atoms with Crippen molar-refractivity contribution < 1.29 is 0 Å². The Morgan fingerprint density at radius 2 is 1.88 bits per heavy atom. The molecule has 0 bridgehead atoms. The molecule has 0 aliphatic heterocycles. The zero-order valence-electron chi connectivity index (χ0n) is 8.13. The second-order valence-corrected chi connectivity index (χ2v) is 4.12. The first kappa shape index (κ1) is 11.0. The van der Waals surface area contributed by atoms with Crippen molar-refractivity contribution in [2.24, 2.45) is 0 Å². The van der Waals surface area contributed by atoms with E-state index in [1.54, 1.807) is 24.4 Å². The number of aromatic amines is 1. The Balaban J connectivity index is 2.68. The Morgan fingerprint density at radius 1 is 1.12 bits per heavy atom. The van der Waals surface area contributed by atoms with Gasteiger partial charge in [-0.25, -0.2) is 0 Å². The number of anilines is 1. The molecule has 0 saturated carbocycles. The lowest BCUT2D eigenvalue weighted by Gasteiger charge is -2.04. The summed E-state index contributed by atoms with van der Waals surface area (Å²) in [5.74, 6) is 0. The van der Waals surface area contributed by atoms with Crippen molar-refractivity contribution in [3.8, 4) is 11.1 Å². The SMILES string of the molecule is Nc1c[nH]cc(-c2ccc(Cl)cc2Cl)c1=O. The number of nitrogen functional groups attached to an aromatic ring is 1. The number of H-pyrrole nitrogens is 1. The highest BCUT2D eigenvalue weighted by atomic mass is 35.5. The quantitative estimate of drug-likeness (QED) is 0.822. The minimum atomic E-state index is -0.247. The number of halogens is 2. The molecule has 0 spiro atoms. The van der Waals surface area contributed by atoms with E-state index >= 15 is 0 Å². The van der Waals surface area contributed by atoms with E-state index in [1.165, 1.54) is 6.20 Å². The molecule has 0 radical (unpaired) electrons. The van der Waals surface area contributed by atoms with Crippen molar-refractivity contribution in [3.05, 3.63) is 50.9 Å². The van der Waals surface area contributed by atoms with Crippen LogP contribution in [0.4, 0.5) is 5.69 Å². The molecule has 1 heterocycles. The van der Waals surface area contributed by atoms with E-state index in [4.69, 9.17) is 28.9 Å². The molecule has 0 aliphatic rings. The minimum absolute atomic E-state index is 0.156. The van der Waals surface area contributed by atoms with Crippen LogP contribution in [0.5, 0.6) is 0 Å². The van der Waals surface area contributed by atoms with Gasteiger partial charge in [-0.05, 0) is 12.1 Å². The molecule has 1 aromatic carbocycles. The summed E-state index contributed by atoms with van der Waals surface area (Å²) in [6, 6.07) is 4.95. The number of rotatable bonds is 1. The van der Waals surface area contributed by atoms with Crippen molar-refractivity contribution in [1.82, 2.24) is 4.98 Å². The van der Waals surface area contributed by atoms with Gasteiger partial charge in [0.2, 0.25) is 5.43 Å². The lowest BCUT2D eigenvalue weighted by molar-refractivity contribution is 1.31. The highest BCUT2D eigenvalue weighted by Crippen LogP contribution is 2.28. The maximum Gasteiger partial charge on any atom is 0.212 e. The third-order valence-electron chi connectivity index (χ3n) is 2.19. The summed E-state index contributed by atoms with van der Waals surface area (Å²) in [5.41, 5.74) is 6.48. The second-order valence-electron chi connectivity index (χ2n) is 3.28. The third-order valence-corrected chi connectivity index (χ3v) is 2.74. The summed E-state index contributed by atoms with van der Waals surface area (Å²) in [4.78, 5) is 14.6. The van der Waals surface area contributed by atoms with Crippen molar-refractivity contribution in [3.63, 3.8) is 0 Å². The molecule has 0 aliphatic carbocycles. The molecule has 0 fully saturated rings. The van der Waals surface area contributed by atoms with Gasteiger partial charge in [-0.3, -0.25) is 4.79 Å². The molecule has 1 aromatic heterocycles. The highest BCUT2D eigenvalue weighted by Gasteiger charge is 2.09. The van der Waals surface area contributed by atoms with Gasteiger partial charge >= 0.3 is 0 Å². The summed E-state index contributed by atoms with van der Waals surface area (Å²) in [6.07, 6.45) is 3.00. The molecule has 0 unspecified atom stereocenters. The summed E-state index contributed by atoms with van der Waals surface area (Å²) >= 11 is 11.8. The minimum Gasteiger partial charge on any atom is -0.394 e. The molecule has 0 amide bonds. The van der Waals surface area contributed by atoms with Crippen LogP contribution < -0.4 is 11.2 Å². The van der Waals surface area contributed by atoms with Crippen LogP contribution in [0.15, 0.2) is 35.4 Å². The number of hydrogen-bond acceptors (Lipinski definition) is 2. The third kappa shape index (κ3) is 1.92. The molecule has 0 atom stereocenters. The van der Waals surface area contributed by atoms with Gasteiger partial charge in [0, 0.05) is 28.5 Å². The Labute approximate surface area is 102 Å². The van der Waals surface area contributed by atoms with E-state index in [9.17, 15) is 4.79 Å². The first-order valence-corrected chi connectivity index (χ1v) is 5.27. The van der Waals surface area contributed by atoms with Crippen LogP contribution in [-0.4, -0.2) is 4.98 Å². The van der Waals surface area contributed by atoms with Crippen molar-refractivity contribution in [2.75, 3.05) is 5.73 Å². The molecule has 3 nitrogen and oxygen atoms in total. The normalized spacial score (nSPS) is 10.4. The van der Waals surface area contributed by atoms with Crippen LogP contribution in [0.1, 0.15) is 0 Å². The Morgan fingerprint density at radius 3 is 2.56 bits per heavy atom. The second kappa shape index (κ2) is 4.20. The van der Waals surface area contributed by atoms with Crippen LogP contribution in [-0.2, 0) is 0 Å². The number of nitrogens with one attached hydrogen (secondary N) is 1. The van der Waals surface area contributed by atoms with E-state index in [2.05, 4.69) is 4.98 Å². The Hall–Kier alpha value is -1.45. The van der Waals surface area contributed by atoms with E-state index < -0.39 is 0 Å². The van der Waals surface area contributed by atoms with E-state index in [-0.39, 0.29) is 11.1 Å². The number of pyridine rings is 1. The molecule has 5 heteroatoms.